The molecule has 0 bridgehead atoms. The van der Waals surface area contributed by atoms with E-state index in [1.165, 1.54) is 6.20 Å². The number of carbonyl (C=O) groups excluding carboxylic acids is 1. The van der Waals surface area contributed by atoms with Gasteiger partial charge >= 0.3 is 0 Å². The number of hydrogen-bond acceptors (Lipinski definition) is 7. The maximum absolute atomic E-state index is 14.5. The first-order valence-electron chi connectivity index (χ1n) is 10.8. The molecule has 2 aromatic heterocycles. The van der Waals surface area contributed by atoms with Gasteiger partial charge in [0.2, 0.25) is 17.8 Å². The maximum Gasteiger partial charge on any atom is 0.287 e. The lowest BCUT2D eigenvalue weighted by atomic mass is 9.85. The number of alkyl halides is 2. The van der Waals surface area contributed by atoms with Crippen LogP contribution in [0.3, 0.4) is 0 Å². The van der Waals surface area contributed by atoms with Crippen LogP contribution in [0.5, 0.6) is 0 Å². The minimum Gasteiger partial charge on any atom is -0.390 e. The molecule has 35 heavy (non-hydrogen) atoms. The molecule has 2 heterocycles. The van der Waals surface area contributed by atoms with E-state index in [-0.39, 0.29) is 40.0 Å². The third kappa shape index (κ3) is 5.40. The van der Waals surface area contributed by atoms with Gasteiger partial charge in [-0.3, -0.25) is 9.36 Å². The highest BCUT2D eigenvalue weighted by atomic mass is 35.5. The Morgan fingerprint density at radius 3 is 2.46 bits per heavy atom. The van der Waals surface area contributed by atoms with Crippen molar-refractivity contribution in [3.8, 4) is 0 Å². The Morgan fingerprint density at radius 2 is 1.86 bits per heavy atom. The largest absolute Gasteiger partial charge is 0.390 e. The fourth-order valence-electron chi connectivity index (χ4n) is 4.07. The number of nitrogens with two attached hydrogens (primary N) is 1. The molecule has 9 nitrogen and oxygen atoms in total. The highest BCUT2D eigenvalue weighted by Gasteiger charge is 2.30. The minimum atomic E-state index is -3.39. The Morgan fingerprint density at radius 1 is 1.20 bits per heavy atom. The molecule has 1 aliphatic rings. The smallest absolute Gasteiger partial charge is 0.287 e. The Kier molecular flexibility index (Phi) is 6.99. The van der Waals surface area contributed by atoms with E-state index in [1.807, 2.05) is 0 Å². The van der Waals surface area contributed by atoms with Gasteiger partial charge in [0.05, 0.1) is 12.7 Å². The van der Waals surface area contributed by atoms with Crippen molar-refractivity contribution in [2.75, 3.05) is 23.8 Å². The van der Waals surface area contributed by atoms with Crippen LogP contribution < -0.4 is 16.4 Å². The summed E-state index contributed by atoms with van der Waals surface area (Å²) in [4.78, 5) is 24.2. The molecule has 14 heteroatoms. The Hall–Kier alpha value is -3.19. The summed E-state index contributed by atoms with van der Waals surface area (Å²) in [6, 6.07) is 1.61. The summed E-state index contributed by atoms with van der Waals surface area (Å²) in [7, 11) is 0. The SMILES string of the molecule is NC(=O)C1CCC(n2c(Nc3c(F)cc(Cl)cc3F)nc3cnc(NCC(F)(F)CO)nc32)CC1. The maximum atomic E-state index is 14.5. The minimum absolute atomic E-state index is 0.0507. The first-order chi connectivity index (χ1) is 16.6. The van der Waals surface area contributed by atoms with E-state index in [1.54, 1.807) is 4.57 Å². The first-order valence-corrected chi connectivity index (χ1v) is 11.1. The number of aliphatic hydroxyl groups excluding tert-OH is 1. The number of rotatable bonds is 8. The van der Waals surface area contributed by atoms with Crippen LogP contribution in [-0.4, -0.2) is 49.6 Å². The number of benzene rings is 1. The number of fused-ring (bicyclic) bond motifs is 1. The zero-order chi connectivity index (χ0) is 25.3. The third-order valence-corrected chi connectivity index (χ3v) is 6.10. The van der Waals surface area contributed by atoms with Gasteiger partial charge in [-0.05, 0) is 37.8 Å². The van der Waals surface area contributed by atoms with E-state index in [9.17, 15) is 22.4 Å². The average molecular weight is 516 g/mol. The number of amides is 1. The molecule has 1 amide bonds. The monoisotopic (exact) mass is 515 g/mol. The molecular weight excluding hydrogens is 494 g/mol. The Labute approximate surface area is 201 Å². The van der Waals surface area contributed by atoms with E-state index < -0.39 is 42.3 Å². The van der Waals surface area contributed by atoms with Crippen LogP contribution in [0.2, 0.25) is 5.02 Å². The summed E-state index contributed by atoms with van der Waals surface area (Å²) in [5.41, 5.74) is 5.43. The number of carbonyl (C=O) groups is 1. The van der Waals surface area contributed by atoms with Crippen LogP contribution in [-0.2, 0) is 4.79 Å². The Bertz CT molecular complexity index is 1220. The van der Waals surface area contributed by atoms with E-state index in [2.05, 4.69) is 25.6 Å². The highest BCUT2D eigenvalue weighted by Crippen LogP contribution is 2.37. The topological polar surface area (TPSA) is 131 Å². The van der Waals surface area contributed by atoms with Crippen molar-refractivity contribution < 1.29 is 27.5 Å². The van der Waals surface area contributed by atoms with Crippen molar-refractivity contribution in [1.82, 2.24) is 19.5 Å². The molecule has 0 atom stereocenters. The van der Waals surface area contributed by atoms with Crippen molar-refractivity contribution in [2.24, 2.45) is 11.7 Å². The van der Waals surface area contributed by atoms with Crippen LogP contribution in [0.1, 0.15) is 31.7 Å². The second kappa shape index (κ2) is 9.82. The molecule has 0 spiro atoms. The van der Waals surface area contributed by atoms with Gasteiger partial charge in [0, 0.05) is 17.0 Å². The number of nitrogens with zero attached hydrogens (tertiary/aromatic N) is 4. The van der Waals surface area contributed by atoms with Crippen molar-refractivity contribution in [3.63, 3.8) is 0 Å². The second-order valence-corrected chi connectivity index (χ2v) is 8.79. The average Bonchev–Trinajstić information content (AvgIpc) is 3.17. The predicted octanol–water partition coefficient (Wildman–Crippen LogP) is 3.76. The van der Waals surface area contributed by atoms with Gasteiger partial charge in [0.15, 0.2) is 17.3 Å². The van der Waals surface area contributed by atoms with Gasteiger partial charge in [0.1, 0.15) is 17.8 Å². The molecule has 1 aromatic carbocycles. The summed E-state index contributed by atoms with van der Waals surface area (Å²) >= 11 is 5.71. The van der Waals surface area contributed by atoms with E-state index in [0.29, 0.717) is 25.7 Å². The molecule has 0 aliphatic heterocycles. The number of aromatic nitrogens is 4. The van der Waals surface area contributed by atoms with Gasteiger partial charge < -0.3 is 21.5 Å². The standard InChI is InChI=1S/C21H22ClF4N7O2/c22-11-5-13(23)16(14(24)6-11)31-20-30-15-7-28-19(29-8-21(25,26)9-34)32-18(15)33(20)12-3-1-10(2-4-12)17(27)35/h5-7,10,12,34H,1-4,8-9H2,(H2,27,35)(H,30,31)(H,28,29,32). The number of anilines is 3. The van der Waals surface area contributed by atoms with Gasteiger partial charge in [-0.15, -0.1) is 0 Å². The number of aliphatic hydroxyl groups is 1. The fourth-order valence-corrected chi connectivity index (χ4v) is 4.26. The molecule has 4 rings (SSSR count). The van der Waals surface area contributed by atoms with Crippen LogP contribution in [0, 0.1) is 17.6 Å². The van der Waals surface area contributed by atoms with Crippen LogP contribution in [0.4, 0.5) is 35.1 Å². The summed E-state index contributed by atoms with van der Waals surface area (Å²) < 4.78 is 57.5. The number of primary amides is 1. The molecular formula is C21H22ClF4N7O2. The Balaban J connectivity index is 1.74. The molecule has 1 saturated carbocycles. The normalized spacial score (nSPS) is 18.6. The van der Waals surface area contributed by atoms with Gasteiger partial charge in [0.25, 0.3) is 5.92 Å². The van der Waals surface area contributed by atoms with E-state index in [0.717, 1.165) is 12.1 Å². The molecule has 0 radical (unpaired) electrons. The summed E-state index contributed by atoms with van der Waals surface area (Å²) in [6.07, 6.45) is 3.25. The lowest BCUT2D eigenvalue weighted by Crippen LogP contribution is -2.31. The molecule has 0 unspecified atom stereocenters. The van der Waals surface area contributed by atoms with Gasteiger partial charge in [-0.2, -0.15) is 4.98 Å². The zero-order valence-electron chi connectivity index (χ0n) is 18.2. The van der Waals surface area contributed by atoms with Crippen molar-refractivity contribution >= 4 is 46.3 Å². The van der Waals surface area contributed by atoms with E-state index >= 15 is 0 Å². The van der Waals surface area contributed by atoms with Crippen molar-refractivity contribution in [1.29, 1.82) is 0 Å². The van der Waals surface area contributed by atoms with Gasteiger partial charge in [-0.1, -0.05) is 11.6 Å². The lowest BCUT2D eigenvalue weighted by Gasteiger charge is -2.29. The third-order valence-electron chi connectivity index (χ3n) is 5.88. The quantitative estimate of drug-likeness (QED) is 0.336. The summed E-state index contributed by atoms with van der Waals surface area (Å²) in [5.74, 6) is -6.06. The predicted molar refractivity (Wildman–Crippen MR) is 121 cm³/mol. The molecule has 0 saturated heterocycles. The van der Waals surface area contributed by atoms with Crippen molar-refractivity contribution in [3.05, 3.63) is 35.0 Å². The number of nitrogens with one attached hydrogen (secondary N) is 2. The van der Waals surface area contributed by atoms with E-state index in [4.69, 9.17) is 22.4 Å². The molecule has 1 aliphatic carbocycles. The number of hydrogen-bond donors (Lipinski definition) is 4. The van der Waals surface area contributed by atoms with Crippen molar-refractivity contribution in [2.45, 2.75) is 37.6 Å². The highest BCUT2D eigenvalue weighted by molar-refractivity contribution is 6.30. The second-order valence-electron chi connectivity index (χ2n) is 8.35. The summed E-state index contributed by atoms with van der Waals surface area (Å²) in [5, 5.41) is 13.7. The van der Waals surface area contributed by atoms with Crippen LogP contribution in [0.25, 0.3) is 11.2 Å². The zero-order valence-corrected chi connectivity index (χ0v) is 19.0. The molecule has 5 N–H and O–H groups in total. The van der Waals surface area contributed by atoms with Crippen LogP contribution in [0.15, 0.2) is 18.3 Å². The first kappa shape index (κ1) is 24.9. The lowest BCUT2D eigenvalue weighted by molar-refractivity contribution is -0.122. The molecule has 1 fully saturated rings. The number of halogens is 5. The fraction of sp³-hybridized carbons (Fsp3) is 0.429. The molecule has 3 aromatic rings. The number of imidazole rings is 1. The van der Waals surface area contributed by atoms with Crippen LogP contribution >= 0.6 is 11.6 Å². The summed E-state index contributed by atoms with van der Waals surface area (Å²) in [6.45, 7) is -2.26. The molecule has 188 valence electrons. The van der Waals surface area contributed by atoms with Gasteiger partial charge in [-0.25, -0.2) is 27.5 Å².